The number of ether oxygens (including phenoxy) is 3. The highest BCUT2D eigenvalue weighted by molar-refractivity contribution is 5.71. The van der Waals surface area contributed by atoms with Crippen LogP contribution in [0.3, 0.4) is 0 Å². The van der Waals surface area contributed by atoms with Crippen LogP contribution in [-0.2, 0) is 28.6 Å². The van der Waals surface area contributed by atoms with Crippen LogP contribution in [0, 0.1) is 0 Å². The maximum atomic E-state index is 12.8. The van der Waals surface area contributed by atoms with Crippen molar-refractivity contribution in [1.29, 1.82) is 0 Å². The van der Waals surface area contributed by atoms with Crippen molar-refractivity contribution in [1.82, 2.24) is 0 Å². The Bertz CT molecular complexity index is 1130. The Morgan fingerprint density at radius 2 is 0.567 bits per heavy atom. The minimum atomic E-state index is -0.770. The number of esters is 3. The molecule has 0 aliphatic heterocycles. The van der Waals surface area contributed by atoms with Crippen LogP contribution in [0.1, 0.15) is 316 Å². The number of hydrogen-bond acceptors (Lipinski definition) is 6. The van der Waals surface area contributed by atoms with Crippen LogP contribution in [0.2, 0.25) is 0 Å². The van der Waals surface area contributed by atoms with Gasteiger partial charge in [0, 0.05) is 19.3 Å². The van der Waals surface area contributed by atoms with Crippen molar-refractivity contribution in [3.63, 3.8) is 0 Å². The quantitative estimate of drug-likeness (QED) is 0.0262. The molecule has 0 bridgehead atoms. The van der Waals surface area contributed by atoms with Gasteiger partial charge in [-0.05, 0) is 70.6 Å². The molecule has 0 saturated heterocycles. The lowest BCUT2D eigenvalue weighted by Gasteiger charge is -2.18. The fourth-order valence-corrected chi connectivity index (χ4v) is 8.65. The molecule has 0 fully saturated rings. The monoisotopic (exact) mass is 941 g/mol. The molecule has 392 valence electrons. The van der Waals surface area contributed by atoms with E-state index >= 15 is 0 Å². The first kappa shape index (κ1) is 64.6. The SMILES string of the molecule is CCC/C=C\CCCCCCCC(=O)OCC(COC(=O)CCCCCCCCCCCCCCCCC/C=C\C/C=C\CCCCCCC)OC(=O)CCCCCCCCCCCCCC. The van der Waals surface area contributed by atoms with E-state index in [9.17, 15) is 14.4 Å². The highest BCUT2D eigenvalue weighted by Crippen LogP contribution is 2.17. The van der Waals surface area contributed by atoms with Crippen molar-refractivity contribution in [2.45, 2.75) is 322 Å². The molecule has 0 amide bonds. The Labute approximate surface area is 416 Å². The number of hydrogen-bond donors (Lipinski definition) is 0. The zero-order valence-corrected chi connectivity index (χ0v) is 44.9. The van der Waals surface area contributed by atoms with Gasteiger partial charge in [-0.1, -0.05) is 263 Å². The minimum absolute atomic E-state index is 0.0708. The highest BCUT2D eigenvalue weighted by Gasteiger charge is 2.19. The lowest BCUT2D eigenvalue weighted by atomic mass is 10.0. The molecule has 6 nitrogen and oxygen atoms in total. The van der Waals surface area contributed by atoms with E-state index in [0.29, 0.717) is 19.3 Å². The number of allylic oxidation sites excluding steroid dienone is 6. The van der Waals surface area contributed by atoms with Gasteiger partial charge < -0.3 is 14.2 Å². The molecule has 0 aromatic heterocycles. The molecule has 1 atom stereocenters. The average molecular weight is 942 g/mol. The van der Waals surface area contributed by atoms with Gasteiger partial charge in [0.2, 0.25) is 0 Å². The molecule has 0 radical (unpaired) electrons. The maximum absolute atomic E-state index is 12.8. The molecular formula is C61H112O6. The minimum Gasteiger partial charge on any atom is -0.462 e. The molecule has 0 aliphatic rings. The smallest absolute Gasteiger partial charge is 0.306 e. The van der Waals surface area contributed by atoms with E-state index < -0.39 is 6.10 Å². The average Bonchev–Trinajstić information content (AvgIpc) is 3.33. The maximum Gasteiger partial charge on any atom is 0.306 e. The summed E-state index contributed by atoms with van der Waals surface area (Å²) < 4.78 is 16.8. The largest absolute Gasteiger partial charge is 0.462 e. The van der Waals surface area contributed by atoms with Crippen LogP contribution >= 0.6 is 0 Å². The lowest BCUT2D eigenvalue weighted by molar-refractivity contribution is -0.167. The first-order valence-corrected chi connectivity index (χ1v) is 29.5. The summed E-state index contributed by atoms with van der Waals surface area (Å²) in [5.41, 5.74) is 0. The van der Waals surface area contributed by atoms with Crippen molar-refractivity contribution in [2.24, 2.45) is 0 Å². The zero-order valence-electron chi connectivity index (χ0n) is 44.9. The summed E-state index contributed by atoms with van der Waals surface area (Å²) in [4.78, 5) is 38.0. The molecule has 1 unspecified atom stereocenters. The van der Waals surface area contributed by atoms with Gasteiger partial charge in [-0.2, -0.15) is 0 Å². The molecule has 67 heavy (non-hydrogen) atoms. The van der Waals surface area contributed by atoms with Crippen molar-refractivity contribution >= 4 is 17.9 Å². The molecule has 0 aliphatic carbocycles. The van der Waals surface area contributed by atoms with Crippen LogP contribution in [0.15, 0.2) is 36.5 Å². The number of carbonyl (C=O) groups is 3. The summed E-state index contributed by atoms with van der Waals surface area (Å²) in [5, 5.41) is 0. The fourth-order valence-electron chi connectivity index (χ4n) is 8.65. The molecule has 0 N–H and O–H groups in total. The Kier molecular flexibility index (Phi) is 54.2. The molecular weight excluding hydrogens is 829 g/mol. The van der Waals surface area contributed by atoms with Crippen LogP contribution in [0.25, 0.3) is 0 Å². The second-order valence-electron chi connectivity index (χ2n) is 19.9. The Morgan fingerprint density at radius 1 is 0.299 bits per heavy atom. The highest BCUT2D eigenvalue weighted by atomic mass is 16.6. The summed E-state index contributed by atoms with van der Waals surface area (Å²) in [6.07, 6.45) is 67.3. The van der Waals surface area contributed by atoms with Crippen LogP contribution in [-0.4, -0.2) is 37.2 Å². The van der Waals surface area contributed by atoms with Gasteiger partial charge in [0.25, 0.3) is 0 Å². The van der Waals surface area contributed by atoms with E-state index in [-0.39, 0.29) is 31.1 Å². The van der Waals surface area contributed by atoms with Gasteiger partial charge >= 0.3 is 17.9 Å². The van der Waals surface area contributed by atoms with E-state index in [1.54, 1.807) is 0 Å². The zero-order chi connectivity index (χ0) is 48.6. The lowest BCUT2D eigenvalue weighted by Crippen LogP contribution is -2.30. The van der Waals surface area contributed by atoms with Gasteiger partial charge in [-0.3, -0.25) is 14.4 Å². The van der Waals surface area contributed by atoms with Crippen LogP contribution < -0.4 is 0 Å². The van der Waals surface area contributed by atoms with Gasteiger partial charge in [-0.25, -0.2) is 0 Å². The topological polar surface area (TPSA) is 78.9 Å². The molecule has 0 rings (SSSR count). The standard InChI is InChI=1S/C61H112O6/c1-4-7-10-13-16-19-22-24-25-26-27-28-29-30-31-32-33-34-35-36-37-38-40-42-45-48-51-54-60(63)66-57-58(56-65-59(62)53-50-47-44-41-21-18-15-12-9-6-3)67-61(64)55-52-49-46-43-39-23-20-17-14-11-8-5-2/h12,15,22,24,26-27,58H,4-11,13-14,16-21,23,25,28-57H2,1-3H3/b15-12-,24-22-,27-26-. The molecule has 0 aromatic carbocycles. The second kappa shape index (κ2) is 56.2. The third-order valence-electron chi connectivity index (χ3n) is 13.1. The van der Waals surface area contributed by atoms with Crippen molar-refractivity contribution in [2.75, 3.05) is 13.2 Å². The Morgan fingerprint density at radius 3 is 0.896 bits per heavy atom. The summed E-state index contributed by atoms with van der Waals surface area (Å²) in [5.74, 6) is -0.867. The molecule has 0 saturated carbocycles. The van der Waals surface area contributed by atoms with E-state index in [0.717, 1.165) is 77.0 Å². The first-order chi connectivity index (χ1) is 33.0. The molecule has 0 spiro atoms. The van der Waals surface area contributed by atoms with Crippen molar-refractivity contribution < 1.29 is 28.6 Å². The van der Waals surface area contributed by atoms with Gasteiger partial charge in [0.05, 0.1) is 0 Å². The third kappa shape index (κ3) is 54.4. The van der Waals surface area contributed by atoms with Crippen LogP contribution in [0.5, 0.6) is 0 Å². The number of rotatable bonds is 54. The Balaban J connectivity index is 4.11. The van der Waals surface area contributed by atoms with Crippen molar-refractivity contribution in [3.8, 4) is 0 Å². The van der Waals surface area contributed by atoms with E-state index in [1.165, 1.54) is 199 Å². The van der Waals surface area contributed by atoms with Crippen LogP contribution in [0.4, 0.5) is 0 Å². The van der Waals surface area contributed by atoms with Gasteiger partial charge in [0.1, 0.15) is 13.2 Å². The summed E-state index contributed by atoms with van der Waals surface area (Å²) in [6.45, 7) is 6.59. The van der Waals surface area contributed by atoms with Crippen molar-refractivity contribution in [3.05, 3.63) is 36.5 Å². The van der Waals surface area contributed by atoms with E-state index in [1.807, 2.05) is 0 Å². The number of carbonyl (C=O) groups excluding carboxylic acids is 3. The number of unbranched alkanes of at least 4 members (excludes halogenated alkanes) is 37. The first-order valence-electron chi connectivity index (χ1n) is 29.5. The molecule has 0 heterocycles. The predicted molar refractivity (Wildman–Crippen MR) is 289 cm³/mol. The van der Waals surface area contributed by atoms with E-state index in [4.69, 9.17) is 14.2 Å². The molecule has 6 heteroatoms. The summed E-state index contributed by atoms with van der Waals surface area (Å²) >= 11 is 0. The normalized spacial score (nSPS) is 12.2. The summed E-state index contributed by atoms with van der Waals surface area (Å²) in [6, 6.07) is 0. The third-order valence-corrected chi connectivity index (χ3v) is 13.1. The van der Waals surface area contributed by atoms with E-state index in [2.05, 4.69) is 57.2 Å². The Hall–Kier alpha value is -2.37. The molecule has 0 aromatic rings. The predicted octanol–water partition coefficient (Wildman–Crippen LogP) is 19.7. The second-order valence-corrected chi connectivity index (χ2v) is 19.9. The van der Waals surface area contributed by atoms with Gasteiger partial charge in [0.15, 0.2) is 6.10 Å². The fraction of sp³-hybridized carbons (Fsp3) is 0.852. The summed E-state index contributed by atoms with van der Waals surface area (Å²) in [7, 11) is 0. The van der Waals surface area contributed by atoms with Gasteiger partial charge in [-0.15, -0.1) is 0 Å².